The van der Waals surface area contributed by atoms with Crippen molar-refractivity contribution in [2.45, 2.75) is 25.6 Å². The summed E-state index contributed by atoms with van der Waals surface area (Å²) in [4.78, 5) is 12.1. The van der Waals surface area contributed by atoms with E-state index in [1.807, 2.05) is 0 Å². The van der Waals surface area contributed by atoms with Gasteiger partial charge >= 0.3 is 12.1 Å². The molecule has 2 rings (SSSR count). The number of nitrogens with zero attached hydrogens (tertiary/aromatic N) is 1. The zero-order chi connectivity index (χ0) is 11.9. The summed E-state index contributed by atoms with van der Waals surface area (Å²) in [6, 6.07) is 6.24. The molecule has 0 aliphatic carbocycles. The number of anilines is 1. The zero-order valence-electron chi connectivity index (χ0n) is 8.58. The predicted octanol–water partition coefficient (Wildman–Crippen LogP) is 2.53. The number of benzene rings is 1. The zero-order valence-corrected chi connectivity index (χ0v) is 8.58. The molecule has 0 bridgehead atoms. The summed E-state index contributed by atoms with van der Waals surface area (Å²) in [5.41, 5.74) is 1.16. The van der Waals surface area contributed by atoms with E-state index in [2.05, 4.69) is 0 Å². The lowest BCUT2D eigenvalue weighted by molar-refractivity contribution is -0.170. The van der Waals surface area contributed by atoms with E-state index in [0.717, 1.165) is 10.5 Å². The maximum absolute atomic E-state index is 12.4. The van der Waals surface area contributed by atoms with Crippen molar-refractivity contribution in [3.63, 3.8) is 0 Å². The average molecular weight is 229 g/mol. The molecule has 5 heteroatoms. The normalized spacial score (nSPS) is 19.8. The predicted molar refractivity (Wildman–Crippen MR) is 53.1 cm³/mol. The molecule has 1 atom stereocenters. The van der Waals surface area contributed by atoms with Crippen LogP contribution in [0.1, 0.15) is 12.5 Å². The van der Waals surface area contributed by atoms with Gasteiger partial charge in [0.2, 0.25) is 0 Å². The Kier molecular flexibility index (Phi) is 2.40. The first-order valence-corrected chi connectivity index (χ1v) is 4.89. The number of carbonyl (C=O) groups excluding carboxylic acids is 1. The number of amides is 1. The number of rotatable bonds is 0. The lowest BCUT2D eigenvalue weighted by atomic mass is 10.1. The second-order valence-corrected chi connectivity index (χ2v) is 3.85. The van der Waals surface area contributed by atoms with Crippen LogP contribution in [0.25, 0.3) is 0 Å². The first-order valence-electron chi connectivity index (χ1n) is 4.89. The average Bonchev–Trinajstić information content (AvgIpc) is 2.51. The van der Waals surface area contributed by atoms with Crippen LogP contribution in [-0.2, 0) is 11.2 Å². The van der Waals surface area contributed by atoms with Crippen LogP contribution < -0.4 is 4.90 Å². The van der Waals surface area contributed by atoms with E-state index in [0.29, 0.717) is 12.1 Å². The van der Waals surface area contributed by atoms with Crippen molar-refractivity contribution in [2.24, 2.45) is 0 Å². The van der Waals surface area contributed by atoms with Gasteiger partial charge in [-0.2, -0.15) is 13.2 Å². The number of hydrogen-bond donors (Lipinski definition) is 0. The molecule has 0 saturated carbocycles. The molecule has 1 heterocycles. The summed E-state index contributed by atoms with van der Waals surface area (Å²) in [6.45, 7) is 1.61. The van der Waals surface area contributed by atoms with Crippen molar-refractivity contribution in [1.29, 1.82) is 0 Å². The highest BCUT2D eigenvalue weighted by molar-refractivity contribution is 5.99. The monoisotopic (exact) mass is 229 g/mol. The Morgan fingerprint density at radius 3 is 2.62 bits per heavy atom. The van der Waals surface area contributed by atoms with E-state index in [1.165, 1.54) is 0 Å². The summed E-state index contributed by atoms with van der Waals surface area (Å²) in [7, 11) is 0. The summed E-state index contributed by atoms with van der Waals surface area (Å²) in [5.74, 6) is -1.79. The van der Waals surface area contributed by atoms with Gasteiger partial charge in [-0.15, -0.1) is 0 Å². The topological polar surface area (TPSA) is 20.3 Å². The van der Waals surface area contributed by atoms with Gasteiger partial charge < -0.3 is 4.90 Å². The molecule has 0 saturated heterocycles. The fourth-order valence-electron chi connectivity index (χ4n) is 2.01. The Morgan fingerprint density at radius 2 is 2.00 bits per heavy atom. The number of halogens is 3. The van der Waals surface area contributed by atoms with Crippen molar-refractivity contribution in [3.8, 4) is 0 Å². The molecule has 86 valence electrons. The molecule has 2 nitrogen and oxygen atoms in total. The van der Waals surface area contributed by atoms with Gasteiger partial charge in [0.15, 0.2) is 0 Å². The minimum Gasteiger partial charge on any atom is -0.301 e. The third-order valence-corrected chi connectivity index (χ3v) is 2.67. The van der Waals surface area contributed by atoms with Gasteiger partial charge in [-0.05, 0) is 25.0 Å². The van der Waals surface area contributed by atoms with Crippen LogP contribution in [0.4, 0.5) is 18.9 Å². The van der Waals surface area contributed by atoms with E-state index in [-0.39, 0.29) is 0 Å². The molecular formula is C11H10F3NO. The molecule has 1 aliphatic rings. The largest absolute Gasteiger partial charge is 0.471 e. The van der Waals surface area contributed by atoms with Gasteiger partial charge in [-0.25, -0.2) is 0 Å². The summed E-state index contributed by atoms with van der Waals surface area (Å²) in [5, 5.41) is 0. The number of hydrogen-bond acceptors (Lipinski definition) is 1. The maximum atomic E-state index is 12.4. The van der Waals surface area contributed by atoms with Gasteiger partial charge in [0, 0.05) is 11.7 Å². The number of alkyl halides is 3. The van der Waals surface area contributed by atoms with Gasteiger partial charge in [0.25, 0.3) is 0 Å². The van der Waals surface area contributed by atoms with Gasteiger partial charge in [0.1, 0.15) is 0 Å². The Morgan fingerprint density at radius 1 is 1.38 bits per heavy atom. The maximum Gasteiger partial charge on any atom is 0.471 e. The fourth-order valence-corrected chi connectivity index (χ4v) is 2.01. The lowest BCUT2D eigenvalue weighted by Crippen LogP contribution is -2.44. The number of carbonyl (C=O) groups is 1. The molecule has 1 aliphatic heterocycles. The lowest BCUT2D eigenvalue weighted by Gasteiger charge is -2.23. The van der Waals surface area contributed by atoms with E-state index >= 15 is 0 Å². The van der Waals surface area contributed by atoms with Gasteiger partial charge in [0.05, 0.1) is 0 Å². The van der Waals surface area contributed by atoms with E-state index in [9.17, 15) is 18.0 Å². The quantitative estimate of drug-likeness (QED) is 0.669. The first-order chi connectivity index (χ1) is 7.41. The molecule has 0 aromatic heterocycles. The SMILES string of the molecule is CC1Cc2ccccc2N1C(=O)C(F)(F)F. The molecular weight excluding hydrogens is 219 g/mol. The fraction of sp³-hybridized carbons (Fsp3) is 0.364. The molecule has 0 N–H and O–H groups in total. The molecule has 1 aromatic carbocycles. The third-order valence-electron chi connectivity index (χ3n) is 2.67. The van der Waals surface area contributed by atoms with Crippen LogP contribution in [-0.4, -0.2) is 18.1 Å². The van der Waals surface area contributed by atoms with Crippen LogP contribution in [0.5, 0.6) is 0 Å². The number of para-hydroxylation sites is 1. The molecule has 1 aromatic rings. The highest BCUT2D eigenvalue weighted by Crippen LogP contribution is 2.34. The van der Waals surface area contributed by atoms with Crippen molar-refractivity contribution in [2.75, 3.05) is 4.90 Å². The Hall–Kier alpha value is -1.52. The molecule has 1 amide bonds. The van der Waals surface area contributed by atoms with Crippen molar-refractivity contribution < 1.29 is 18.0 Å². The molecule has 0 radical (unpaired) electrons. The highest BCUT2D eigenvalue weighted by Gasteiger charge is 2.46. The Bertz CT molecular complexity index is 427. The Balaban J connectivity index is 2.40. The van der Waals surface area contributed by atoms with Crippen LogP contribution >= 0.6 is 0 Å². The summed E-state index contributed by atoms with van der Waals surface area (Å²) < 4.78 is 37.1. The van der Waals surface area contributed by atoms with E-state index < -0.39 is 18.1 Å². The molecule has 0 spiro atoms. The van der Waals surface area contributed by atoms with Crippen LogP contribution in [0.15, 0.2) is 24.3 Å². The minimum absolute atomic E-state index is 0.373. The minimum atomic E-state index is -4.81. The number of fused-ring (bicyclic) bond motifs is 1. The summed E-state index contributed by atoms with van der Waals surface area (Å²) >= 11 is 0. The van der Waals surface area contributed by atoms with Crippen LogP contribution in [0.2, 0.25) is 0 Å². The van der Waals surface area contributed by atoms with Crippen molar-refractivity contribution >= 4 is 11.6 Å². The molecule has 0 fully saturated rings. The summed E-state index contributed by atoms with van der Waals surface area (Å²) in [6.07, 6.45) is -4.34. The third kappa shape index (κ3) is 1.66. The van der Waals surface area contributed by atoms with Gasteiger partial charge in [-0.1, -0.05) is 18.2 Å². The smallest absolute Gasteiger partial charge is 0.301 e. The highest BCUT2D eigenvalue weighted by atomic mass is 19.4. The first kappa shape index (κ1) is 11.0. The second kappa shape index (κ2) is 3.50. The standard InChI is InChI=1S/C11H10F3NO/c1-7-6-8-4-2-3-5-9(8)15(7)10(16)11(12,13)14/h2-5,7H,6H2,1H3. The van der Waals surface area contributed by atoms with Crippen molar-refractivity contribution in [1.82, 2.24) is 0 Å². The van der Waals surface area contributed by atoms with E-state index in [1.54, 1.807) is 31.2 Å². The van der Waals surface area contributed by atoms with Crippen molar-refractivity contribution in [3.05, 3.63) is 29.8 Å². The van der Waals surface area contributed by atoms with Gasteiger partial charge in [-0.3, -0.25) is 4.79 Å². The molecule has 1 unspecified atom stereocenters. The van der Waals surface area contributed by atoms with Crippen LogP contribution in [0, 0.1) is 0 Å². The van der Waals surface area contributed by atoms with Crippen LogP contribution in [0.3, 0.4) is 0 Å². The molecule has 16 heavy (non-hydrogen) atoms. The Labute approximate surface area is 90.7 Å². The second-order valence-electron chi connectivity index (χ2n) is 3.85. The van der Waals surface area contributed by atoms with E-state index in [4.69, 9.17) is 0 Å².